The van der Waals surface area contributed by atoms with Crippen LogP contribution in [0.1, 0.15) is 39.5 Å². The van der Waals surface area contributed by atoms with Gasteiger partial charge in [0.2, 0.25) is 11.7 Å². The van der Waals surface area contributed by atoms with Crippen LogP contribution in [0.25, 0.3) is 0 Å². The van der Waals surface area contributed by atoms with Crippen LogP contribution in [0.3, 0.4) is 0 Å². The van der Waals surface area contributed by atoms with Crippen LogP contribution in [0.5, 0.6) is 11.5 Å². The number of anilines is 2. The number of carbonyl (C=O) groups excluding carboxylic acids is 2. The molecule has 1 atom stereocenters. The van der Waals surface area contributed by atoms with Gasteiger partial charge in [-0.15, -0.1) is 4.91 Å². The molecule has 0 radical (unpaired) electrons. The highest BCUT2D eigenvalue weighted by atomic mass is 16.5. The van der Waals surface area contributed by atoms with Gasteiger partial charge >= 0.3 is 5.97 Å². The second kappa shape index (κ2) is 12.1. The lowest BCUT2D eigenvalue weighted by Gasteiger charge is -2.13. The van der Waals surface area contributed by atoms with Crippen molar-refractivity contribution in [3.63, 3.8) is 0 Å². The molecule has 190 valence electrons. The van der Waals surface area contributed by atoms with E-state index >= 15 is 0 Å². The van der Waals surface area contributed by atoms with Crippen LogP contribution in [0.15, 0.2) is 47.8 Å². The Bertz CT molecular complexity index is 1380. The maximum absolute atomic E-state index is 12.5. The third-order valence-electron chi connectivity index (χ3n) is 5.22. The summed E-state index contributed by atoms with van der Waals surface area (Å²) in [5.74, 6) is 5.62. The highest BCUT2D eigenvalue weighted by Gasteiger charge is 2.30. The van der Waals surface area contributed by atoms with Crippen molar-refractivity contribution in [3.05, 3.63) is 75.3 Å². The Hall–Kier alpha value is -4.98. The summed E-state index contributed by atoms with van der Waals surface area (Å²) in [4.78, 5) is 43.3. The normalized spacial score (nSPS) is 11.0. The van der Waals surface area contributed by atoms with Gasteiger partial charge < -0.3 is 25.7 Å². The first-order chi connectivity index (χ1) is 17.8. The lowest BCUT2D eigenvalue weighted by atomic mass is 10.0. The minimum absolute atomic E-state index is 0.0310. The maximum atomic E-state index is 12.5. The van der Waals surface area contributed by atoms with E-state index in [0.717, 1.165) is 5.56 Å². The number of ether oxygens (including phenoxy) is 3. The van der Waals surface area contributed by atoms with Crippen molar-refractivity contribution in [2.24, 2.45) is 5.18 Å². The summed E-state index contributed by atoms with van der Waals surface area (Å²) < 4.78 is 15.7. The molecule has 0 bridgehead atoms. The average Bonchev–Trinajstić information content (AvgIpc) is 2.89. The average molecular weight is 504 g/mol. The van der Waals surface area contributed by atoms with E-state index < -0.39 is 17.8 Å². The summed E-state index contributed by atoms with van der Waals surface area (Å²) in [6.07, 6.45) is 1.97. The lowest BCUT2D eigenvalue weighted by Crippen LogP contribution is -2.30. The van der Waals surface area contributed by atoms with E-state index in [4.69, 9.17) is 25.7 Å². The van der Waals surface area contributed by atoms with E-state index in [1.165, 1.54) is 26.4 Å². The molecule has 3 aromatic rings. The van der Waals surface area contributed by atoms with Gasteiger partial charge in [-0.1, -0.05) is 24.0 Å². The Balaban J connectivity index is 1.90. The number of nitroso groups, excluding NO2 is 1. The van der Waals surface area contributed by atoms with Gasteiger partial charge in [0, 0.05) is 29.3 Å². The predicted molar refractivity (Wildman–Crippen MR) is 136 cm³/mol. The summed E-state index contributed by atoms with van der Waals surface area (Å²) in [5, 5.41) is 2.61. The molecule has 0 spiro atoms. The van der Waals surface area contributed by atoms with E-state index in [0.29, 0.717) is 34.6 Å². The molecule has 1 unspecified atom stereocenters. The minimum atomic E-state index is -1.75. The van der Waals surface area contributed by atoms with Crippen LogP contribution < -0.4 is 20.9 Å². The fourth-order valence-electron chi connectivity index (χ4n) is 3.44. The summed E-state index contributed by atoms with van der Waals surface area (Å²) in [7, 11) is 3.03. The van der Waals surface area contributed by atoms with Crippen molar-refractivity contribution in [3.8, 4) is 23.3 Å². The molecule has 0 saturated carbocycles. The number of hydrogen-bond acceptors (Lipinski definition) is 11. The molecular weight excluding hydrogens is 478 g/mol. The second-order valence-corrected chi connectivity index (χ2v) is 7.65. The van der Waals surface area contributed by atoms with E-state index in [9.17, 15) is 14.5 Å². The lowest BCUT2D eigenvalue weighted by molar-refractivity contribution is -0.143. The summed E-state index contributed by atoms with van der Waals surface area (Å²) in [6.45, 7) is 1.60. The van der Waals surface area contributed by atoms with Crippen LogP contribution in [0.4, 0.5) is 11.8 Å². The molecule has 4 N–H and O–H groups in total. The van der Waals surface area contributed by atoms with Crippen molar-refractivity contribution >= 4 is 23.5 Å². The Morgan fingerprint density at radius 3 is 2.41 bits per heavy atom. The molecule has 1 aromatic heterocycles. The number of nitrogens with zero attached hydrogens (tertiary/aromatic N) is 3. The Morgan fingerprint density at radius 2 is 1.81 bits per heavy atom. The predicted octanol–water partition coefficient (Wildman–Crippen LogP) is 2.53. The number of nitrogens with two attached hydrogens (primary N) is 2. The number of esters is 1. The van der Waals surface area contributed by atoms with Crippen molar-refractivity contribution in [1.82, 2.24) is 9.97 Å². The third kappa shape index (κ3) is 6.37. The van der Waals surface area contributed by atoms with E-state index in [1.807, 2.05) is 6.07 Å². The molecule has 0 aliphatic rings. The highest BCUT2D eigenvalue weighted by Crippen LogP contribution is 2.33. The molecule has 1 heterocycles. The zero-order chi connectivity index (χ0) is 26.9. The number of Topliss-reactive ketones (excluding diaryl/α,β-unsaturated/α-hetero) is 1. The quantitative estimate of drug-likeness (QED) is 0.145. The molecule has 0 aliphatic carbocycles. The van der Waals surface area contributed by atoms with E-state index in [1.54, 1.807) is 31.3 Å². The number of carbonyl (C=O) groups is 2. The van der Waals surface area contributed by atoms with Gasteiger partial charge in [0.15, 0.2) is 11.5 Å². The number of rotatable bonds is 9. The second-order valence-electron chi connectivity index (χ2n) is 7.65. The van der Waals surface area contributed by atoms with Gasteiger partial charge in [-0.05, 0) is 41.9 Å². The van der Waals surface area contributed by atoms with Crippen LogP contribution in [0, 0.1) is 16.7 Å². The zero-order valence-corrected chi connectivity index (χ0v) is 20.5. The summed E-state index contributed by atoms with van der Waals surface area (Å²) in [5.41, 5.74) is 14.3. The van der Waals surface area contributed by atoms with Gasteiger partial charge in [-0.2, -0.15) is 4.98 Å². The van der Waals surface area contributed by atoms with Gasteiger partial charge in [0.25, 0.3) is 6.04 Å². The number of methoxy groups -OCH3 is 2. The van der Waals surface area contributed by atoms with Crippen LogP contribution in [-0.4, -0.2) is 48.6 Å². The first-order valence-electron chi connectivity index (χ1n) is 11.1. The fraction of sp³-hybridized carbons (Fsp3) is 0.231. The SMILES string of the molecule is CCOC(=O)C(N=O)C(=O)c1ccc(C#Cc2cc(Cc3cnc(N)nc3N)cc(OC)c2OC)cc1. The Kier molecular flexibility index (Phi) is 8.72. The van der Waals surface area contributed by atoms with Gasteiger partial charge in [0.05, 0.1) is 26.4 Å². The number of nitrogen functional groups attached to an aromatic ring is 2. The van der Waals surface area contributed by atoms with Crippen LogP contribution in [-0.2, 0) is 16.0 Å². The van der Waals surface area contributed by atoms with Gasteiger partial charge in [-0.3, -0.25) is 4.79 Å². The Morgan fingerprint density at radius 1 is 1.08 bits per heavy atom. The number of aromatic nitrogens is 2. The molecule has 0 saturated heterocycles. The summed E-state index contributed by atoms with van der Waals surface area (Å²) >= 11 is 0. The standard InChI is InChI=1S/C26H25N5O6/c1-4-37-25(33)21(31-34)22(32)17-8-5-15(6-9-17)7-10-18-11-16(13-20(35-2)23(18)36-3)12-19-14-29-26(28)30-24(19)27/h5-6,8-9,11,13-14,21H,4,12H2,1-3H3,(H4,27,28,29,30). The smallest absolute Gasteiger partial charge is 0.342 e. The molecule has 11 nitrogen and oxygen atoms in total. The fourth-order valence-corrected chi connectivity index (χ4v) is 3.44. The molecule has 37 heavy (non-hydrogen) atoms. The number of benzene rings is 2. The minimum Gasteiger partial charge on any atom is -0.493 e. The molecule has 11 heteroatoms. The molecule has 0 fully saturated rings. The highest BCUT2D eigenvalue weighted by molar-refractivity contribution is 6.12. The van der Waals surface area contributed by atoms with Crippen molar-refractivity contribution in [2.75, 3.05) is 32.3 Å². The van der Waals surface area contributed by atoms with Crippen molar-refractivity contribution in [2.45, 2.75) is 19.4 Å². The maximum Gasteiger partial charge on any atom is 0.342 e. The van der Waals surface area contributed by atoms with E-state index in [2.05, 4.69) is 27.0 Å². The first kappa shape index (κ1) is 26.6. The van der Waals surface area contributed by atoms with Crippen LogP contribution in [0.2, 0.25) is 0 Å². The van der Waals surface area contributed by atoms with Gasteiger partial charge in [0.1, 0.15) is 5.82 Å². The van der Waals surface area contributed by atoms with Gasteiger partial charge in [-0.25, -0.2) is 9.78 Å². The van der Waals surface area contributed by atoms with Crippen LogP contribution >= 0.6 is 0 Å². The number of hydrogen-bond donors (Lipinski definition) is 2. The molecule has 0 amide bonds. The third-order valence-corrected chi connectivity index (χ3v) is 5.22. The van der Waals surface area contributed by atoms with E-state index in [-0.39, 0.29) is 23.9 Å². The summed E-state index contributed by atoms with van der Waals surface area (Å²) in [6, 6.07) is 7.99. The molecule has 0 aliphatic heterocycles. The monoisotopic (exact) mass is 503 g/mol. The van der Waals surface area contributed by atoms with Crippen molar-refractivity contribution < 1.29 is 23.8 Å². The largest absolute Gasteiger partial charge is 0.493 e. The first-order valence-corrected chi connectivity index (χ1v) is 11.1. The zero-order valence-electron chi connectivity index (χ0n) is 20.5. The van der Waals surface area contributed by atoms with Crippen molar-refractivity contribution in [1.29, 1.82) is 0 Å². The topological polar surface area (TPSA) is 169 Å². The molecule has 3 rings (SSSR count). The molecular formula is C26H25N5O6. The number of ketones is 1. The Labute approximate surface area is 213 Å². The molecule has 2 aromatic carbocycles.